The van der Waals surface area contributed by atoms with Crippen LogP contribution in [0, 0.1) is 6.92 Å². The second-order valence-corrected chi connectivity index (χ2v) is 18.1. The molecule has 5 heterocycles. The van der Waals surface area contributed by atoms with Crippen LogP contribution in [0.5, 0.6) is 11.6 Å². The highest BCUT2D eigenvalue weighted by molar-refractivity contribution is 8.05. The summed E-state index contributed by atoms with van der Waals surface area (Å²) >= 11 is 3.56. The van der Waals surface area contributed by atoms with E-state index >= 15 is 0 Å². The third-order valence-corrected chi connectivity index (χ3v) is 13.1. The molecule has 2 atom stereocenters. The van der Waals surface area contributed by atoms with Crippen molar-refractivity contribution in [3.63, 3.8) is 0 Å². The number of carbonyl (C=O) groups is 1. The maximum absolute atomic E-state index is 13.2. The minimum Gasteiger partial charge on any atom is -0.497 e. The first-order valence-corrected chi connectivity index (χ1v) is 21.6. The van der Waals surface area contributed by atoms with Gasteiger partial charge in [0.15, 0.2) is 0 Å². The molecule has 0 bridgehead atoms. The van der Waals surface area contributed by atoms with E-state index in [9.17, 15) is 4.79 Å². The number of nitrogens with one attached hydrogen (secondary N) is 1. The SMILES string of the molecule is COc1ccc(COc2cc(N3CCOCC3)cc(-c3cccc4c3Sc3ccc(N[C@@H](C[C@@H]5CCCN5C(=O)OC(C)(C)C)c5ccc(C)cn5)cc3S4)n2)cc1. The number of fused-ring (bicyclic) bond motifs is 2. The lowest BCUT2D eigenvalue weighted by Crippen LogP contribution is -2.40. The highest BCUT2D eigenvalue weighted by Crippen LogP contribution is 2.52. The Morgan fingerprint density at radius 2 is 1.78 bits per heavy atom. The fourth-order valence-corrected chi connectivity index (χ4v) is 9.94. The number of methoxy groups -OCH3 is 1. The number of carbonyl (C=O) groups excluding carboxylic acids is 1. The molecule has 2 aromatic heterocycles. The van der Waals surface area contributed by atoms with Crippen LogP contribution in [0.15, 0.2) is 111 Å². The van der Waals surface area contributed by atoms with E-state index < -0.39 is 5.60 Å². The third kappa shape index (κ3) is 9.51. The molecular formula is C46H51N5O5S2. The van der Waals surface area contributed by atoms with E-state index in [1.165, 1.54) is 19.6 Å². The summed E-state index contributed by atoms with van der Waals surface area (Å²) < 4.78 is 23.2. The Hall–Kier alpha value is -4.91. The molecule has 10 nitrogen and oxygen atoms in total. The molecule has 2 fully saturated rings. The number of nitrogens with zero attached hydrogens (tertiary/aromatic N) is 4. The van der Waals surface area contributed by atoms with Crippen LogP contribution in [0.3, 0.4) is 0 Å². The number of aryl methyl sites for hydroxylation is 1. The van der Waals surface area contributed by atoms with Crippen LogP contribution in [0.4, 0.5) is 16.2 Å². The molecule has 3 aromatic carbocycles. The van der Waals surface area contributed by atoms with E-state index in [0.29, 0.717) is 32.2 Å². The fraction of sp³-hybridized carbons (Fsp3) is 0.370. The molecule has 0 radical (unpaired) electrons. The molecular weight excluding hydrogens is 767 g/mol. The van der Waals surface area contributed by atoms with Gasteiger partial charge in [0.2, 0.25) is 5.88 Å². The molecule has 8 rings (SSSR count). The Morgan fingerprint density at radius 3 is 2.53 bits per heavy atom. The largest absolute Gasteiger partial charge is 0.497 e. The van der Waals surface area contributed by atoms with Gasteiger partial charge in [0.25, 0.3) is 0 Å². The summed E-state index contributed by atoms with van der Waals surface area (Å²) in [4.78, 5) is 32.1. The van der Waals surface area contributed by atoms with Gasteiger partial charge in [-0.3, -0.25) is 4.98 Å². The molecule has 1 N–H and O–H groups in total. The van der Waals surface area contributed by atoms with Crippen LogP contribution < -0.4 is 19.7 Å². The van der Waals surface area contributed by atoms with Gasteiger partial charge >= 0.3 is 6.09 Å². The van der Waals surface area contributed by atoms with Crippen molar-refractivity contribution in [1.29, 1.82) is 0 Å². The molecule has 1 amide bonds. The minimum atomic E-state index is -0.544. The number of amides is 1. The maximum atomic E-state index is 13.2. The number of likely N-dealkylation sites (tertiary alicyclic amines) is 1. The zero-order valence-electron chi connectivity index (χ0n) is 33.8. The molecule has 2 saturated heterocycles. The number of ether oxygens (including phenoxy) is 4. The summed E-state index contributed by atoms with van der Waals surface area (Å²) in [7, 11) is 1.67. The Balaban J connectivity index is 1.04. The molecule has 0 unspecified atom stereocenters. The molecule has 58 heavy (non-hydrogen) atoms. The first-order chi connectivity index (χ1) is 28.1. The Kier molecular flexibility index (Phi) is 12.1. The number of rotatable bonds is 11. The van der Waals surface area contributed by atoms with Crippen LogP contribution in [0.2, 0.25) is 0 Å². The van der Waals surface area contributed by atoms with Gasteiger partial charge in [0.05, 0.1) is 37.8 Å². The summed E-state index contributed by atoms with van der Waals surface area (Å²) in [6, 6.07) is 29.4. The Labute approximate surface area is 350 Å². The predicted octanol–water partition coefficient (Wildman–Crippen LogP) is 10.4. The number of hydrogen-bond donors (Lipinski definition) is 1. The third-order valence-electron chi connectivity index (χ3n) is 10.5. The molecule has 3 aliphatic rings. The number of benzene rings is 3. The second kappa shape index (κ2) is 17.5. The second-order valence-electron chi connectivity index (χ2n) is 15.9. The molecule has 302 valence electrons. The van der Waals surface area contributed by atoms with Crippen molar-refractivity contribution in [1.82, 2.24) is 14.9 Å². The number of aromatic nitrogens is 2. The standard InChI is InChI=1S/C46H51N5O5S2/c1-30-11-17-37(47-28-30)39(25-33-8-7-19-51(33)45(52)56-46(2,3)4)48-32-14-18-40-42(24-32)57-41-10-6-9-36(44(41)58-40)38-26-34(50-20-22-54-23-21-50)27-43(49-38)55-29-31-12-15-35(53-5)16-13-31/h6,9-18,24,26-28,33,39,48H,7-8,19-23,25,29H2,1-5H3/t33-,39-/m0/s1. The Bertz CT molecular complexity index is 2220. The lowest BCUT2D eigenvalue weighted by atomic mass is 10.0. The average molecular weight is 818 g/mol. The van der Waals surface area contributed by atoms with Gasteiger partial charge in [0.1, 0.15) is 18.0 Å². The van der Waals surface area contributed by atoms with Crippen LogP contribution >= 0.6 is 23.5 Å². The van der Waals surface area contributed by atoms with Gasteiger partial charge in [-0.25, -0.2) is 9.78 Å². The van der Waals surface area contributed by atoms with E-state index in [1.807, 2.05) is 62.2 Å². The van der Waals surface area contributed by atoms with Gasteiger partial charge in [-0.1, -0.05) is 53.9 Å². The van der Waals surface area contributed by atoms with Crippen molar-refractivity contribution in [3.8, 4) is 22.9 Å². The van der Waals surface area contributed by atoms with Crippen molar-refractivity contribution < 1.29 is 23.7 Å². The summed E-state index contributed by atoms with van der Waals surface area (Å²) in [6.45, 7) is 11.9. The summed E-state index contributed by atoms with van der Waals surface area (Å²) in [5.74, 6) is 1.40. The van der Waals surface area contributed by atoms with Crippen LogP contribution in [-0.2, 0) is 16.1 Å². The van der Waals surface area contributed by atoms with Crippen LogP contribution in [-0.4, -0.2) is 72.6 Å². The van der Waals surface area contributed by atoms with Gasteiger partial charge in [-0.05, 0) is 107 Å². The molecule has 0 saturated carbocycles. The molecule has 5 aromatic rings. The smallest absolute Gasteiger partial charge is 0.410 e. The van der Waals surface area contributed by atoms with Gasteiger partial charge in [-0.15, -0.1) is 0 Å². The first kappa shape index (κ1) is 39.9. The van der Waals surface area contributed by atoms with Crippen LogP contribution in [0.25, 0.3) is 11.3 Å². The van der Waals surface area contributed by atoms with Crippen molar-refractivity contribution >= 4 is 41.0 Å². The molecule has 3 aliphatic heterocycles. The van der Waals surface area contributed by atoms with Crippen LogP contribution in [0.1, 0.15) is 62.9 Å². The van der Waals surface area contributed by atoms with Gasteiger partial charge in [0, 0.05) is 74.5 Å². The number of morpholine rings is 1. The molecule has 0 aliphatic carbocycles. The van der Waals surface area contributed by atoms with E-state index in [0.717, 1.165) is 77.6 Å². The normalized spacial score (nSPS) is 16.9. The maximum Gasteiger partial charge on any atom is 0.410 e. The summed E-state index contributed by atoms with van der Waals surface area (Å²) in [6.07, 6.45) is 4.28. The van der Waals surface area contributed by atoms with Crippen molar-refractivity contribution in [2.75, 3.05) is 50.2 Å². The van der Waals surface area contributed by atoms with E-state index in [2.05, 4.69) is 71.7 Å². The topological polar surface area (TPSA) is 98.3 Å². The number of hydrogen-bond acceptors (Lipinski definition) is 11. The van der Waals surface area contributed by atoms with Gasteiger partial charge in [-0.2, -0.15) is 0 Å². The zero-order chi connectivity index (χ0) is 40.2. The monoisotopic (exact) mass is 817 g/mol. The predicted molar refractivity (Wildman–Crippen MR) is 231 cm³/mol. The van der Waals surface area contributed by atoms with Gasteiger partial charge < -0.3 is 34.1 Å². The average Bonchev–Trinajstić information content (AvgIpc) is 3.70. The van der Waals surface area contributed by atoms with E-state index in [1.54, 1.807) is 30.6 Å². The lowest BCUT2D eigenvalue weighted by molar-refractivity contribution is 0.0216. The highest BCUT2D eigenvalue weighted by Gasteiger charge is 2.34. The minimum absolute atomic E-state index is 0.0482. The summed E-state index contributed by atoms with van der Waals surface area (Å²) in [5, 5.41) is 3.83. The van der Waals surface area contributed by atoms with Crippen molar-refractivity contribution in [2.45, 2.75) is 90.8 Å². The Morgan fingerprint density at radius 1 is 0.948 bits per heavy atom. The zero-order valence-corrected chi connectivity index (χ0v) is 35.5. The summed E-state index contributed by atoms with van der Waals surface area (Å²) in [5.41, 5.74) is 6.60. The molecule has 0 spiro atoms. The number of anilines is 2. The first-order valence-electron chi connectivity index (χ1n) is 20.0. The highest BCUT2D eigenvalue weighted by atomic mass is 32.2. The van der Waals surface area contributed by atoms with E-state index in [-0.39, 0.29) is 18.2 Å². The van der Waals surface area contributed by atoms with Crippen molar-refractivity contribution in [2.24, 2.45) is 0 Å². The fourth-order valence-electron chi connectivity index (χ4n) is 7.53. The number of pyridine rings is 2. The quantitative estimate of drug-likeness (QED) is 0.135. The van der Waals surface area contributed by atoms with E-state index in [4.69, 9.17) is 28.9 Å². The molecule has 12 heteroatoms. The lowest BCUT2D eigenvalue weighted by Gasteiger charge is -2.31. The van der Waals surface area contributed by atoms with Crippen molar-refractivity contribution in [3.05, 3.63) is 108 Å².